The summed E-state index contributed by atoms with van der Waals surface area (Å²) in [7, 11) is 0.581. The van der Waals surface area contributed by atoms with Gasteiger partial charge in [0.05, 0.1) is 0 Å². The van der Waals surface area contributed by atoms with E-state index in [4.69, 9.17) is 0 Å². The predicted molar refractivity (Wildman–Crippen MR) is 42.3 cm³/mol. The van der Waals surface area contributed by atoms with Gasteiger partial charge in [-0.3, -0.25) is 0 Å². The van der Waals surface area contributed by atoms with Gasteiger partial charge in [0.2, 0.25) is 0 Å². The molecule has 1 rings (SSSR count). The highest BCUT2D eigenvalue weighted by Crippen LogP contribution is 2.38. The van der Waals surface area contributed by atoms with Crippen molar-refractivity contribution >= 4 is 0 Å². The summed E-state index contributed by atoms with van der Waals surface area (Å²) in [5, 5.41) is 0. The Morgan fingerprint density at radius 3 is 1.93 bits per heavy atom. The lowest BCUT2D eigenvalue weighted by molar-refractivity contribution is -0.384. The van der Waals surface area contributed by atoms with E-state index in [1.165, 1.54) is 0 Å². The van der Waals surface area contributed by atoms with Crippen LogP contribution in [-0.4, -0.2) is 37.3 Å². The monoisotopic (exact) mass is 215 g/mol. The highest BCUT2D eigenvalue weighted by atomic mass is 19.3. The lowest BCUT2D eigenvalue weighted by atomic mass is 10.1. The zero-order valence-electron chi connectivity index (χ0n) is 7.90. The molecule has 0 N–H and O–H groups in total. The minimum absolute atomic E-state index is 0.00799. The largest absolute Gasteiger partial charge is 0.434 e. The van der Waals surface area contributed by atoms with E-state index >= 15 is 0 Å². The number of hydrogen-bond acceptors (Lipinski definition) is 2. The first-order valence-corrected chi connectivity index (χ1v) is 4.47. The molecule has 0 atom stereocenters. The molecule has 1 saturated heterocycles. The number of ether oxygens (including phenoxy) is 1. The predicted octanol–water partition coefficient (Wildman–Crippen LogP) is 2.30. The van der Waals surface area contributed by atoms with E-state index in [1.807, 2.05) is 0 Å². The SMILES string of the molecule is COC(F)(F)C(F)(F)N1CCCCC1. The molecule has 1 heterocycles. The van der Waals surface area contributed by atoms with Gasteiger partial charge >= 0.3 is 12.2 Å². The van der Waals surface area contributed by atoms with Gasteiger partial charge in [0.1, 0.15) is 0 Å². The first-order chi connectivity index (χ1) is 6.42. The molecule has 1 aliphatic rings. The smallest absolute Gasteiger partial charge is 0.318 e. The van der Waals surface area contributed by atoms with Crippen LogP contribution in [0.5, 0.6) is 0 Å². The summed E-state index contributed by atoms with van der Waals surface area (Å²) in [6.07, 6.45) is -2.56. The molecular weight excluding hydrogens is 202 g/mol. The van der Waals surface area contributed by atoms with Crippen molar-refractivity contribution in [2.75, 3.05) is 20.2 Å². The summed E-state index contributed by atoms with van der Waals surface area (Å²) in [6, 6.07) is -4.21. The Kier molecular flexibility index (Phi) is 3.36. The standard InChI is InChI=1S/C8H13F4NO/c1-14-8(11,12)7(9,10)13-5-3-2-4-6-13/h2-6H2,1H3. The van der Waals surface area contributed by atoms with Crippen LogP contribution in [0.2, 0.25) is 0 Å². The maximum absolute atomic E-state index is 13.1. The van der Waals surface area contributed by atoms with Crippen LogP contribution >= 0.6 is 0 Å². The quantitative estimate of drug-likeness (QED) is 0.529. The van der Waals surface area contributed by atoms with Crippen molar-refractivity contribution in [3.63, 3.8) is 0 Å². The highest BCUT2D eigenvalue weighted by molar-refractivity contribution is 4.80. The summed E-state index contributed by atoms with van der Waals surface area (Å²) in [4.78, 5) is 0.486. The Morgan fingerprint density at radius 2 is 1.50 bits per heavy atom. The second-order valence-electron chi connectivity index (χ2n) is 3.31. The molecule has 0 saturated carbocycles. The molecule has 0 bridgehead atoms. The number of rotatable bonds is 3. The summed E-state index contributed by atoms with van der Waals surface area (Å²) < 4.78 is 55.2. The molecule has 0 aliphatic carbocycles. The number of likely N-dealkylation sites (tertiary alicyclic amines) is 1. The van der Waals surface area contributed by atoms with Crippen LogP contribution in [0.3, 0.4) is 0 Å². The lowest BCUT2D eigenvalue weighted by Crippen LogP contribution is -2.56. The molecule has 0 spiro atoms. The maximum Gasteiger partial charge on any atom is 0.434 e. The van der Waals surface area contributed by atoms with Crippen molar-refractivity contribution in [2.45, 2.75) is 31.4 Å². The molecular formula is C8H13F4NO. The van der Waals surface area contributed by atoms with Crippen molar-refractivity contribution < 1.29 is 22.3 Å². The van der Waals surface area contributed by atoms with Crippen LogP contribution in [0.1, 0.15) is 19.3 Å². The summed E-state index contributed by atoms with van der Waals surface area (Å²) >= 11 is 0. The highest BCUT2D eigenvalue weighted by Gasteiger charge is 2.61. The van der Waals surface area contributed by atoms with E-state index in [-0.39, 0.29) is 13.1 Å². The van der Waals surface area contributed by atoms with Gasteiger partial charge in [-0.15, -0.1) is 0 Å². The Hall–Kier alpha value is -0.360. The van der Waals surface area contributed by atoms with Gasteiger partial charge in [-0.2, -0.15) is 17.6 Å². The molecule has 2 nitrogen and oxygen atoms in total. The van der Waals surface area contributed by atoms with Gasteiger partial charge < -0.3 is 4.74 Å². The van der Waals surface area contributed by atoms with E-state index in [2.05, 4.69) is 4.74 Å². The summed E-state index contributed by atoms with van der Waals surface area (Å²) in [5.41, 5.74) is 0. The Bertz CT molecular complexity index is 192. The van der Waals surface area contributed by atoms with Crippen LogP contribution in [-0.2, 0) is 4.74 Å². The molecule has 1 aliphatic heterocycles. The van der Waals surface area contributed by atoms with Crippen molar-refractivity contribution in [1.29, 1.82) is 0 Å². The summed E-state index contributed by atoms with van der Waals surface area (Å²) in [5.74, 6) is 0. The van der Waals surface area contributed by atoms with Crippen LogP contribution in [0.4, 0.5) is 17.6 Å². The fourth-order valence-corrected chi connectivity index (χ4v) is 1.48. The molecule has 1 fully saturated rings. The first kappa shape index (κ1) is 11.7. The summed E-state index contributed by atoms with van der Waals surface area (Å²) in [6.45, 7) is -0.0160. The van der Waals surface area contributed by atoms with Gasteiger partial charge in [-0.25, -0.2) is 4.90 Å². The molecule has 0 aromatic heterocycles. The van der Waals surface area contributed by atoms with Crippen molar-refractivity contribution in [1.82, 2.24) is 4.90 Å². The van der Waals surface area contributed by atoms with Crippen LogP contribution in [0.25, 0.3) is 0 Å². The van der Waals surface area contributed by atoms with Gasteiger partial charge in [-0.05, 0) is 12.8 Å². The van der Waals surface area contributed by atoms with E-state index in [0.717, 1.165) is 6.42 Å². The normalized spacial score (nSPS) is 21.2. The minimum Gasteiger partial charge on any atom is -0.318 e. The Morgan fingerprint density at radius 1 is 1.00 bits per heavy atom. The van der Waals surface area contributed by atoms with Crippen LogP contribution < -0.4 is 0 Å². The second kappa shape index (κ2) is 4.02. The van der Waals surface area contributed by atoms with Gasteiger partial charge in [-0.1, -0.05) is 6.42 Å². The van der Waals surface area contributed by atoms with Gasteiger partial charge in [0.25, 0.3) is 0 Å². The average molecular weight is 215 g/mol. The van der Waals surface area contributed by atoms with Crippen LogP contribution in [0, 0.1) is 0 Å². The average Bonchev–Trinajstić information content (AvgIpc) is 2.19. The van der Waals surface area contributed by atoms with E-state index in [0.29, 0.717) is 24.9 Å². The number of hydrogen-bond donors (Lipinski definition) is 0. The number of halogens is 4. The molecule has 0 aromatic rings. The van der Waals surface area contributed by atoms with Gasteiger partial charge in [0, 0.05) is 20.2 Å². The lowest BCUT2D eigenvalue weighted by Gasteiger charge is -2.36. The molecule has 0 radical (unpaired) electrons. The van der Waals surface area contributed by atoms with E-state index in [9.17, 15) is 17.6 Å². The third kappa shape index (κ3) is 2.00. The van der Waals surface area contributed by atoms with Crippen molar-refractivity contribution in [3.05, 3.63) is 0 Å². The fourth-order valence-electron chi connectivity index (χ4n) is 1.48. The fraction of sp³-hybridized carbons (Fsp3) is 1.00. The third-order valence-corrected chi connectivity index (χ3v) is 2.36. The van der Waals surface area contributed by atoms with E-state index < -0.39 is 12.2 Å². The topological polar surface area (TPSA) is 12.5 Å². The Labute approximate surface area is 79.8 Å². The number of nitrogens with zero attached hydrogens (tertiary/aromatic N) is 1. The van der Waals surface area contributed by atoms with Crippen molar-refractivity contribution in [2.24, 2.45) is 0 Å². The number of methoxy groups -OCH3 is 1. The molecule has 14 heavy (non-hydrogen) atoms. The third-order valence-electron chi connectivity index (χ3n) is 2.36. The number of piperidine rings is 1. The molecule has 6 heteroatoms. The molecule has 0 unspecified atom stereocenters. The second-order valence-corrected chi connectivity index (χ2v) is 3.31. The molecule has 0 amide bonds. The number of alkyl halides is 4. The zero-order valence-corrected chi connectivity index (χ0v) is 7.90. The Balaban J connectivity index is 2.71. The first-order valence-electron chi connectivity index (χ1n) is 4.47. The van der Waals surface area contributed by atoms with Gasteiger partial charge in [0.15, 0.2) is 0 Å². The molecule has 84 valence electrons. The minimum atomic E-state index is -4.41. The maximum atomic E-state index is 13.1. The molecule has 0 aromatic carbocycles. The van der Waals surface area contributed by atoms with Crippen LogP contribution in [0.15, 0.2) is 0 Å². The van der Waals surface area contributed by atoms with E-state index in [1.54, 1.807) is 0 Å². The zero-order chi connectivity index (χ0) is 10.8. The van der Waals surface area contributed by atoms with Crippen molar-refractivity contribution in [3.8, 4) is 0 Å².